The van der Waals surface area contributed by atoms with E-state index in [-0.39, 0.29) is 5.38 Å². The van der Waals surface area contributed by atoms with Crippen LogP contribution in [0.1, 0.15) is 13.8 Å². The largest absolute Gasteiger partial charge is 0.125 e. The molecule has 0 spiro atoms. The first-order chi connectivity index (χ1) is 3.72. The molecule has 1 atom stereocenters. The third-order valence-corrected chi connectivity index (χ3v) is 2.05. The van der Waals surface area contributed by atoms with Crippen LogP contribution in [0.15, 0.2) is 11.6 Å². The smallest absolute Gasteiger partial charge is 0.0677 e. The zero-order valence-electron chi connectivity index (χ0n) is 5.12. The molecular formula is C6H10Cl2. The van der Waals surface area contributed by atoms with E-state index >= 15 is 0 Å². The lowest BCUT2D eigenvalue weighted by Crippen LogP contribution is -2.00. The molecular weight excluding hydrogens is 143 g/mol. The van der Waals surface area contributed by atoms with Crippen LogP contribution < -0.4 is 0 Å². The van der Waals surface area contributed by atoms with Crippen molar-refractivity contribution in [2.75, 3.05) is 5.88 Å². The van der Waals surface area contributed by atoms with Crippen LogP contribution in [0.25, 0.3) is 0 Å². The summed E-state index contributed by atoms with van der Waals surface area (Å²) in [6.07, 6.45) is 1.97. The van der Waals surface area contributed by atoms with Gasteiger partial charge in [0.15, 0.2) is 0 Å². The van der Waals surface area contributed by atoms with E-state index in [0.29, 0.717) is 5.88 Å². The molecule has 0 nitrogen and oxygen atoms in total. The molecule has 0 heterocycles. The minimum absolute atomic E-state index is 0.0154. The fraction of sp³-hybridized carbons (Fsp3) is 0.667. The number of hydrogen-bond acceptors (Lipinski definition) is 0. The Hall–Kier alpha value is 0.320. The fourth-order valence-electron chi connectivity index (χ4n) is 0.303. The summed E-state index contributed by atoms with van der Waals surface area (Å²) in [7, 11) is 0. The summed E-state index contributed by atoms with van der Waals surface area (Å²) in [5, 5.41) is 0.0154. The second-order valence-electron chi connectivity index (χ2n) is 1.65. The molecule has 0 radical (unpaired) electrons. The van der Waals surface area contributed by atoms with Crippen LogP contribution in [0.2, 0.25) is 0 Å². The second kappa shape index (κ2) is 4.22. The van der Waals surface area contributed by atoms with Crippen LogP contribution >= 0.6 is 23.2 Å². The minimum atomic E-state index is 0.0154. The maximum absolute atomic E-state index is 5.72. The Labute approximate surface area is 60.5 Å². The zero-order valence-corrected chi connectivity index (χ0v) is 6.63. The lowest BCUT2D eigenvalue weighted by molar-refractivity contribution is 1.11. The molecule has 0 aromatic rings. The lowest BCUT2D eigenvalue weighted by atomic mass is 10.2. The van der Waals surface area contributed by atoms with E-state index in [0.717, 1.165) is 5.57 Å². The summed E-state index contributed by atoms with van der Waals surface area (Å²) in [6.45, 7) is 3.93. The van der Waals surface area contributed by atoms with Crippen molar-refractivity contribution in [1.29, 1.82) is 0 Å². The van der Waals surface area contributed by atoms with Crippen LogP contribution in [0.5, 0.6) is 0 Å². The van der Waals surface area contributed by atoms with Gasteiger partial charge in [0.1, 0.15) is 0 Å². The molecule has 2 heteroatoms. The highest BCUT2D eigenvalue weighted by atomic mass is 35.5. The summed E-state index contributed by atoms with van der Waals surface area (Å²) < 4.78 is 0. The van der Waals surface area contributed by atoms with Gasteiger partial charge in [-0.15, -0.1) is 23.2 Å². The van der Waals surface area contributed by atoms with Gasteiger partial charge in [-0.1, -0.05) is 11.6 Å². The van der Waals surface area contributed by atoms with Crippen molar-refractivity contribution in [3.63, 3.8) is 0 Å². The van der Waals surface area contributed by atoms with Crippen LogP contribution in [-0.4, -0.2) is 11.3 Å². The molecule has 48 valence electrons. The van der Waals surface area contributed by atoms with Gasteiger partial charge in [-0.25, -0.2) is 0 Å². The maximum atomic E-state index is 5.72. The van der Waals surface area contributed by atoms with Crippen molar-refractivity contribution in [1.82, 2.24) is 0 Å². The van der Waals surface area contributed by atoms with Crippen molar-refractivity contribution in [2.45, 2.75) is 19.2 Å². The summed E-state index contributed by atoms with van der Waals surface area (Å²) in [4.78, 5) is 0. The van der Waals surface area contributed by atoms with E-state index in [1.165, 1.54) is 0 Å². The predicted octanol–water partition coefficient (Wildman–Crippen LogP) is 2.80. The summed E-state index contributed by atoms with van der Waals surface area (Å²) >= 11 is 11.2. The second-order valence-corrected chi connectivity index (χ2v) is 2.49. The van der Waals surface area contributed by atoms with E-state index in [1.54, 1.807) is 0 Å². The van der Waals surface area contributed by atoms with Crippen molar-refractivity contribution in [3.8, 4) is 0 Å². The molecule has 1 unspecified atom stereocenters. The first kappa shape index (κ1) is 8.32. The lowest BCUT2D eigenvalue weighted by Gasteiger charge is -2.02. The fourth-order valence-corrected chi connectivity index (χ4v) is 0.672. The number of allylic oxidation sites excluding steroid dienone is 2. The number of halogens is 2. The highest BCUT2D eigenvalue weighted by Gasteiger charge is 2.01. The SMILES string of the molecule is C/C=C(/C)C(Cl)CCl. The van der Waals surface area contributed by atoms with Gasteiger partial charge in [-0.3, -0.25) is 0 Å². The molecule has 0 fully saturated rings. The molecule has 0 bridgehead atoms. The molecule has 0 saturated carbocycles. The monoisotopic (exact) mass is 152 g/mol. The number of alkyl halides is 2. The van der Waals surface area contributed by atoms with Crippen LogP contribution in [0.3, 0.4) is 0 Å². The van der Waals surface area contributed by atoms with Gasteiger partial charge in [0.25, 0.3) is 0 Å². The first-order valence-corrected chi connectivity index (χ1v) is 3.52. The van der Waals surface area contributed by atoms with Gasteiger partial charge in [0.2, 0.25) is 0 Å². The summed E-state index contributed by atoms with van der Waals surface area (Å²) in [5.74, 6) is 0.498. The molecule has 0 aliphatic heterocycles. The van der Waals surface area contributed by atoms with E-state index in [9.17, 15) is 0 Å². The summed E-state index contributed by atoms with van der Waals surface area (Å²) in [6, 6.07) is 0. The maximum Gasteiger partial charge on any atom is 0.0677 e. The van der Waals surface area contributed by atoms with Crippen LogP contribution in [0.4, 0.5) is 0 Å². The molecule has 0 aliphatic carbocycles. The van der Waals surface area contributed by atoms with Gasteiger partial charge < -0.3 is 0 Å². The van der Waals surface area contributed by atoms with Crippen LogP contribution in [0, 0.1) is 0 Å². The van der Waals surface area contributed by atoms with E-state index < -0.39 is 0 Å². The Morgan fingerprint density at radius 1 is 1.75 bits per heavy atom. The van der Waals surface area contributed by atoms with Gasteiger partial charge in [-0.2, -0.15) is 0 Å². The highest BCUT2D eigenvalue weighted by Crippen LogP contribution is 2.09. The topological polar surface area (TPSA) is 0 Å². The normalized spacial score (nSPS) is 16.2. The molecule has 0 aliphatic rings. The quantitative estimate of drug-likeness (QED) is 0.422. The standard InChI is InChI=1S/C6H10Cl2/c1-3-5(2)6(8)4-7/h3,6H,4H2,1-2H3/b5-3-. The Morgan fingerprint density at radius 3 is 2.38 bits per heavy atom. The molecule has 8 heavy (non-hydrogen) atoms. The average molecular weight is 153 g/mol. The molecule has 0 aromatic heterocycles. The van der Waals surface area contributed by atoms with Crippen molar-refractivity contribution >= 4 is 23.2 Å². The van der Waals surface area contributed by atoms with Crippen molar-refractivity contribution < 1.29 is 0 Å². The van der Waals surface area contributed by atoms with Gasteiger partial charge in [-0.05, 0) is 13.8 Å². The first-order valence-electron chi connectivity index (χ1n) is 2.55. The average Bonchev–Trinajstić information content (AvgIpc) is 1.84. The molecule has 0 rings (SSSR count). The molecule has 0 N–H and O–H groups in total. The third-order valence-electron chi connectivity index (χ3n) is 1.08. The summed E-state index contributed by atoms with van der Waals surface area (Å²) in [5.41, 5.74) is 1.14. The van der Waals surface area contributed by atoms with Crippen molar-refractivity contribution in [2.24, 2.45) is 0 Å². The van der Waals surface area contributed by atoms with E-state index in [2.05, 4.69) is 0 Å². The Bertz CT molecular complexity index is 86.5. The number of rotatable bonds is 2. The van der Waals surface area contributed by atoms with Crippen molar-refractivity contribution in [3.05, 3.63) is 11.6 Å². The minimum Gasteiger partial charge on any atom is -0.125 e. The molecule has 0 aromatic carbocycles. The van der Waals surface area contributed by atoms with E-state index in [1.807, 2.05) is 19.9 Å². The Morgan fingerprint density at radius 2 is 2.25 bits per heavy atom. The molecule has 0 amide bonds. The third kappa shape index (κ3) is 2.58. The van der Waals surface area contributed by atoms with Gasteiger partial charge in [0.05, 0.1) is 5.38 Å². The highest BCUT2D eigenvalue weighted by molar-refractivity contribution is 6.29. The van der Waals surface area contributed by atoms with E-state index in [4.69, 9.17) is 23.2 Å². The van der Waals surface area contributed by atoms with Gasteiger partial charge in [0, 0.05) is 5.88 Å². The Balaban J connectivity index is 3.63. The predicted molar refractivity (Wildman–Crippen MR) is 39.8 cm³/mol. The van der Waals surface area contributed by atoms with Crippen LogP contribution in [-0.2, 0) is 0 Å². The molecule has 0 saturated heterocycles. The number of hydrogen-bond donors (Lipinski definition) is 0. The van der Waals surface area contributed by atoms with Gasteiger partial charge >= 0.3 is 0 Å². The Kier molecular flexibility index (Phi) is 4.39. The zero-order chi connectivity index (χ0) is 6.57.